The van der Waals surface area contributed by atoms with E-state index in [-0.39, 0.29) is 24.1 Å². The molecule has 0 spiro atoms. The normalized spacial score (nSPS) is 25.0. The minimum absolute atomic E-state index is 0.0458. The van der Waals surface area contributed by atoms with E-state index >= 15 is 0 Å². The highest BCUT2D eigenvalue weighted by atomic mass is 16.6. The second kappa shape index (κ2) is 6.24. The summed E-state index contributed by atoms with van der Waals surface area (Å²) >= 11 is 0. The summed E-state index contributed by atoms with van der Waals surface area (Å²) in [7, 11) is 1.53. The molecule has 2 aromatic heterocycles. The number of hydrogen-bond donors (Lipinski definition) is 1. The molecule has 2 bridgehead atoms. The van der Waals surface area contributed by atoms with E-state index < -0.39 is 5.60 Å². The van der Waals surface area contributed by atoms with Crippen LogP contribution in [0.4, 0.5) is 10.7 Å². The molecule has 2 saturated heterocycles. The van der Waals surface area contributed by atoms with Crippen molar-refractivity contribution in [2.45, 2.75) is 57.7 Å². The Morgan fingerprint density at radius 3 is 2.70 bits per heavy atom. The Morgan fingerprint density at radius 2 is 2.04 bits per heavy atom. The van der Waals surface area contributed by atoms with Crippen LogP contribution in [0, 0.1) is 5.92 Å². The van der Waals surface area contributed by atoms with Gasteiger partial charge in [0.15, 0.2) is 11.2 Å². The van der Waals surface area contributed by atoms with Gasteiger partial charge in [0.05, 0.1) is 25.5 Å². The van der Waals surface area contributed by atoms with Crippen molar-refractivity contribution in [3.63, 3.8) is 0 Å². The number of aromatic nitrogens is 4. The molecule has 1 amide bonds. The Morgan fingerprint density at radius 1 is 1.26 bits per heavy atom. The molecule has 3 fully saturated rings. The Hall–Kier alpha value is -2.58. The maximum atomic E-state index is 12.8. The highest BCUT2D eigenvalue weighted by Crippen LogP contribution is 2.43. The average molecular weight is 374 g/mol. The lowest BCUT2D eigenvalue weighted by molar-refractivity contribution is -0.0283. The SMILES string of the molecule is COc1nc(N)nc2c1ncn2C1CC2CCC1N(C(=O)OC(C)(C)C)C2. The van der Waals surface area contributed by atoms with Gasteiger partial charge in [-0.15, -0.1) is 0 Å². The van der Waals surface area contributed by atoms with Gasteiger partial charge in [-0.3, -0.25) is 0 Å². The van der Waals surface area contributed by atoms with Crippen molar-refractivity contribution in [2.24, 2.45) is 5.92 Å². The molecule has 1 aliphatic carbocycles. The zero-order chi connectivity index (χ0) is 19.3. The lowest BCUT2D eigenvalue weighted by Crippen LogP contribution is -2.56. The van der Waals surface area contributed by atoms with Gasteiger partial charge >= 0.3 is 6.09 Å². The van der Waals surface area contributed by atoms with Crippen molar-refractivity contribution in [3.8, 4) is 5.88 Å². The first kappa shape index (κ1) is 17.8. The van der Waals surface area contributed by atoms with E-state index in [9.17, 15) is 4.79 Å². The third kappa shape index (κ3) is 3.15. The number of nitrogen functional groups attached to an aromatic ring is 1. The Labute approximate surface area is 157 Å². The number of anilines is 1. The van der Waals surface area contributed by atoms with Crippen LogP contribution in [-0.2, 0) is 4.74 Å². The topological polar surface area (TPSA) is 108 Å². The van der Waals surface area contributed by atoms with Gasteiger partial charge in [-0.25, -0.2) is 9.78 Å². The van der Waals surface area contributed by atoms with Crippen LogP contribution in [0.1, 0.15) is 46.1 Å². The molecule has 2 aliphatic heterocycles. The van der Waals surface area contributed by atoms with Crippen LogP contribution in [0.15, 0.2) is 6.33 Å². The fourth-order valence-electron chi connectivity index (χ4n) is 4.28. The summed E-state index contributed by atoms with van der Waals surface area (Å²) in [6.45, 7) is 6.41. The third-order valence-corrected chi connectivity index (χ3v) is 5.33. The molecule has 0 radical (unpaired) electrons. The Kier molecular flexibility index (Phi) is 4.12. The molecule has 2 aromatic rings. The number of ether oxygens (including phenoxy) is 2. The monoisotopic (exact) mass is 374 g/mol. The first-order valence-corrected chi connectivity index (χ1v) is 9.30. The Bertz CT molecular complexity index is 874. The van der Waals surface area contributed by atoms with E-state index in [0.717, 1.165) is 25.8 Å². The number of carbonyl (C=O) groups is 1. The maximum Gasteiger partial charge on any atom is 0.410 e. The molecule has 3 aliphatic rings. The molecule has 2 N–H and O–H groups in total. The number of nitrogens with two attached hydrogens (primary N) is 1. The van der Waals surface area contributed by atoms with Gasteiger partial charge in [-0.2, -0.15) is 9.97 Å². The van der Waals surface area contributed by atoms with Gasteiger partial charge in [0.2, 0.25) is 11.8 Å². The first-order valence-electron chi connectivity index (χ1n) is 9.30. The van der Waals surface area contributed by atoms with Crippen LogP contribution in [0.2, 0.25) is 0 Å². The molecular weight excluding hydrogens is 348 g/mol. The van der Waals surface area contributed by atoms with Crippen LogP contribution in [0.25, 0.3) is 11.2 Å². The van der Waals surface area contributed by atoms with Gasteiger partial charge < -0.3 is 24.7 Å². The molecule has 27 heavy (non-hydrogen) atoms. The largest absolute Gasteiger partial charge is 0.479 e. The summed E-state index contributed by atoms with van der Waals surface area (Å²) in [4.78, 5) is 27.5. The number of carbonyl (C=O) groups excluding carboxylic acids is 1. The zero-order valence-corrected chi connectivity index (χ0v) is 16.2. The van der Waals surface area contributed by atoms with E-state index in [1.807, 2.05) is 30.2 Å². The summed E-state index contributed by atoms with van der Waals surface area (Å²) in [6, 6.07) is 0.124. The van der Waals surface area contributed by atoms with Crippen molar-refractivity contribution in [2.75, 3.05) is 19.4 Å². The molecule has 9 nitrogen and oxygen atoms in total. The molecule has 0 aromatic carbocycles. The number of methoxy groups -OCH3 is 1. The van der Waals surface area contributed by atoms with Crippen LogP contribution in [-0.4, -0.2) is 55.8 Å². The van der Waals surface area contributed by atoms with Crippen LogP contribution < -0.4 is 10.5 Å². The van der Waals surface area contributed by atoms with Crippen molar-refractivity contribution < 1.29 is 14.3 Å². The molecule has 9 heteroatoms. The van der Waals surface area contributed by atoms with E-state index in [0.29, 0.717) is 23.0 Å². The predicted molar refractivity (Wildman–Crippen MR) is 99.4 cm³/mol. The second-order valence-corrected chi connectivity index (χ2v) is 8.36. The van der Waals surface area contributed by atoms with Crippen LogP contribution >= 0.6 is 0 Å². The lowest BCUT2D eigenvalue weighted by atomic mass is 9.76. The standard InChI is InChI=1S/C18H26N6O3/c1-18(2,3)27-17(25)23-8-10-5-6-11(23)12(7-10)24-9-20-13-14(24)21-16(19)22-15(13)26-4/h9-12H,5-8H2,1-4H3,(H2,19,21,22). The van der Waals surface area contributed by atoms with Gasteiger partial charge in [0, 0.05) is 6.54 Å². The van der Waals surface area contributed by atoms with Crippen LogP contribution in [0.5, 0.6) is 5.88 Å². The van der Waals surface area contributed by atoms with E-state index in [1.165, 1.54) is 7.11 Å². The molecule has 5 rings (SSSR count). The van der Waals surface area contributed by atoms with Gasteiger partial charge in [-0.1, -0.05) is 0 Å². The third-order valence-electron chi connectivity index (χ3n) is 5.33. The van der Waals surface area contributed by atoms with E-state index in [2.05, 4.69) is 15.0 Å². The van der Waals surface area contributed by atoms with Crippen molar-refractivity contribution in [1.29, 1.82) is 0 Å². The number of hydrogen-bond acceptors (Lipinski definition) is 7. The first-order chi connectivity index (χ1) is 12.8. The molecule has 4 heterocycles. The Balaban J connectivity index is 1.69. The van der Waals surface area contributed by atoms with E-state index in [4.69, 9.17) is 15.2 Å². The number of rotatable bonds is 2. The number of fused-ring (bicyclic) bond motifs is 4. The van der Waals surface area contributed by atoms with Gasteiger partial charge in [0.1, 0.15) is 5.60 Å². The summed E-state index contributed by atoms with van der Waals surface area (Å²) in [5.74, 6) is 0.943. The minimum Gasteiger partial charge on any atom is -0.479 e. The highest BCUT2D eigenvalue weighted by molar-refractivity contribution is 5.77. The molecule has 3 atom stereocenters. The van der Waals surface area contributed by atoms with E-state index in [1.54, 1.807) is 6.33 Å². The second-order valence-electron chi connectivity index (χ2n) is 8.36. The van der Waals surface area contributed by atoms with Gasteiger partial charge in [-0.05, 0) is 46.0 Å². The quantitative estimate of drug-likeness (QED) is 0.859. The molecule has 3 unspecified atom stereocenters. The fourth-order valence-corrected chi connectivity index (χ4v) is 4.28. The predicted octanol–water partition coefficient (Wildman–Crippen LogP) is 2.38. The molecule has 1 saturated carbocycles. The van der Waals surface area contributed by atoms with Crippen molar-refractivity contribution in [1.82, 2.24) is 24.4 Å². The number of amides is 1. The molecule has 146 valence electrons. The zero-order valence-electron chi connectivity index (χ0n) is 16.2. The van der Waals surface area contributed by atoms with Crippen molar-refractivity contribution in [3.05, 3.63) is 6.33 Å². The number of nitrogens with zero attached hydrogens (tertiary/aromatic N) is 5. The smallest absolute Gasteiger partial charge is 0.410 e. The highest BCUT2D eigenvalue weighted by Gasteiger charge is 2.45. The summed E-state index contributed by atoms with van der Waals surface area (Å²) in [5, 5.41) is 0. The lowest BCUT2D eigenvalue weighted by Gasteiger charge is -2.49. The number of imidazole rings is 1. The summed E-state index contributed by atoms with van der Waals surface area (Å²) in [6.07, 6.45) is 4.53. The van der Waals surface area contributed by atoms with Crippen molar-refractivity contribution >= 4 is 23.2 Å². The summed E-state index contributed by atoms with van der Waals surface area (Å²) < 4.78 is 12.9. The van der Waals surface area contributed by atoms with Crippen LogP contribution in [0.3, 0.4) is 0 Å². The average Bonchev–Trinajstić information content (AvgIpc) is 3.03. The minimum atomic E-state index is -0.514. The van der Waals surface area contributed by atoms with Gasteiger partial charge in [0.25, 0.3) is 0 Å². The summed E-state index contributed by atoms with van der Waals surface area (Å²) in [5.41, 5.74) is 6.56. The maximum absolute atomic E-state index is 12.8. The fraction of sp³-hybridized carbons (Fsp3) is 0.667. The number of piperidine rings is 2. The molecular formula is C18H26N6O3.